The highest BCUT2D eigenvalue weighted by Gasteiger charge is 2.21. The fraction of sp³-hybridized carbons (Fsp3) is 0.667. The van der Waals surface area contributed by atoms with Gasteiger partial charge in [0.15, 0.2) is 0 Å². The maximum Gasteiger partial charge on any atom is 0.147 e. The molecule has 1 unspecified atom stereocenters. The second-order valence-electron chi connectivity index (χ2n) is 4.40. The predicted octanol–water partition coefficient (Wildman–Crippen LogP) is 0.710. The van der Waals surface area contributed by atoms with Gasteiger partial charge in [0.25, 0.3) is 0 Å². The van der Waals surface area contributed by atoms with E-state index in [0.717, 1.165) is 31.6 Å². The van der Waals surface area contributed by atoms with E-state index in [4.69, 9.17) is 5.11 Å². The lowest BCUT2D eigenvalue weighted by molar-refractivity contribution is 0.254. The SMILES string of the molecule is OCc1cnc(N2CCCCCC2CO)cn1. The lowest BCUT2D eigenvalue weighted by Gasteiger charge is -2.29. The summed E-state index contributed by atoms with van der Waals surface area (Å²) in [6, 6.07) is 0.145. The number of aromatic nitrogens is 2. The van der Waals surface area contributed by atoms with E-state index in [2.05, 4.69) is 14.9 Å². The molecule has 1 aromatic heterocycles. The van der Waals surface area contributed by atoms with Crippen molar-refractivity contribution in [3.63, 3.8) is 0 Å². The van der Waals surface area contributed by atoms with Crippen LogP contribution in [-0.2, 0) is 6.61 Å². The molecule has 5 nitrogen and oxygen atoms in total. The number of anilines is 1. The molecule has 2 N–H and O–H groups in total. The average molecular weight is 237 g/mol. The molecule has 1 aliphatic heterocycles. The van der Waals surface area contributed by atoms with Gasteiger partial charge < -0.3 is 15.1 Å². The summed E-state index contributed by atoms with van der Waals surface area (Å²) in [5.41, 5.74) is 0.573. The molecule has 0 aromatic carbocycles. The van der Waals surface area contributed by atoms with Crippen molar-refractivity contribution in [3.8, 4) is 0 Å². The Morgan fingerprint density at radius 1 is 1.18 bits per heavy atom. The van der Waals surface area contributed by atoms with E-state index in [9.17, 15) is 5.11 Å². The minimum atomic E-state index is -0.0866. The average Bonchev–Trinajstić information content (AvgIpc) is 2.64. The fourth-order valence-electron chi connectivity index (χ4n) is 2.25. The van der Waals surface area contributed by atoms with Gasteiger partial charge in [-0.15, -0.1) is 0 Å². The van der Waals surface area contributed by atoms with Gasteiger partial charge in [0.05, 0.1) is 37.3 Å². The molecule has 2 heterocycles. The van der Waals surface area contributed by atoms with Crippen molar-refractivity contribution in [1.29, 1.82) is 0 Å². The van der Waals surface area contributed by atoms with Gasteiger partial charge in [0, 0.05) is 6.54 Å². The largest absolute Gasteiger partial charge is 0.394 e. The van der Waals surface area contributed by atoms with Gasteiger partial charge in [-0.05, 0) is 12.8 Å². The molecule has 1 aliphatic rings. The summed E-state index contributed by atoms with van der Waals surface area (Å²) >= 11 is 0. The van der Waals surface area contributed by atoms with Crippen molar-refractivity contribution in [2.24, 2.45) is 0 Å². The first kappa shape index (κ1) is 12.3. The first-order chi connectivity index (χ1) is 8.35. The summed E-state index contributed by atoms with van der Waals surface area (Å²) in [4.78, 5) is 10.6. The van der Waals surface area contributed by atoms with E-state index < -0.39 is 0 Å². The second-order valence-corrected chi connectivity index (χ2v) is 4.40. The summed E-state index contributed by atoms with van der Waals surface area (Å²) in [5, 5.41) is 18.3. The lowest BCUT2D eigenvalue weighted by atomic mass is 10.1. The Morgan fingerprint density at radius 3 is 2.71 bits per heavy atom. The van der Waals surface area contributed by atoms with Gasteiger partial charge in [-0.1, -0.05) is 12.8 Å². The Bertz CT molecular complexity index is 342. The minimum absolute atomic E-state index is 0.0866. The molecular formula is C12H19N3O2. The maximum atomic E-state index is 9.42. The van der Waals surface area contributed by atoms with Crippen LogP contribution in [0.1, 0.15) is 31.4 Å². The van der Waals surface area contributed by atoms with Crippen LogP contribution in [0.2, 0.25) is 0 Å². The van der Waals surface area contributed by atoms with Gasteiger partial charge in [-0.25, -0.2) is 4.98 Å². The molecule has 1 fully saturated rings. The summed E-state index contributed by atoms with van der Waals surface area (Å²) < 4.78 is 0. The predicted molar refractivity (Wildman–Crippen MR) is 64.6 cm³/mol. The number of hydrogen-bond acceptors (Lipinski definition) is 5. The summed E-state index contributed by atoms with van der Waals surface area (Å²) in [7, 11) is 0. The first-order valence-corrected chi connectivity index (χ1v) is 6.14. The molecule has 0 amide bonds. The van der Waals surface area contributed by atoms with Crippen molar-refractivity contribution in [2.45, 2.75) is 38.3 Å². The molecular weight excluding hydrogens is 218 g/mol. The highest BCUT2D eigenvalue weighted by Crippen LogP contribution is 2.21. The topological polar surface area (TPSA) is 69.5 Å². The van der Waals surface area contributed by atoms with Gasteiger partial charge in [-0.3, -0.25) is 4.98 Å². The zero-order valence-corrected chi connectivity index (χ0v) is 9.92. The third kappa shape index (κ3) is 2.92. The van der Waals surface area contributed by atoms with Gasteiger partial charge in [0.2, 0.25) is 0 Å². The van der Waals surface area contributed by atoms with Crippen molar-refractivity contribution in [1.82, 2.24) is 9.97 Å². The van der Waals surface area contributed by atoms with Crippen LogP contribution in [0.5, 0.6) is 0 Å². The van der Waals surface area contributed by atoms with E-state index in [1.165, 1.54) is 6.42 Å². The second kappa shape index (κ2) is 5.93. The van der Waals surface area contributed by atoms with Crippen LogP contribution in [0.3, 0.4) is 0 Å². The van der Waals surface area contributed by atoms with Crippen molar-refractivity contribution in [2.75, 3.05) is 18.1 Å². The van der Waals surface area contributed by atoms with E-state index in [1.807, 2.05) is 0 Å². The van der Waals surface area contributed by atoms with Crippen LogP contribution < -0.4 is 4.90 Å². The van der Waals surface area contributed by atoms with Crippen LogP contribution in [-0.4, -0.2) is 39.4 Å². The van der Waals surface area contributed by atoms with Crippen molar-refractivity contribution >= 4 is 5.82 Å². The van der Waals surface area contributed by atoms with Crippen LogP contribution >= 0.6 is 0 Å². The molecule has 0 aliphatic carbocycles. The van der Waals surface area contributed by atoms with Crippen LogP contribution in [0.4, 0.5) is 5.82 Å². The number of rotatable bonds is 3. The molecule has 0 bridgehead atoms. The van der Waals surface area contributed by atoms with Gasteiger partial charge in [0.1, 0.15) is 5.82 Å². The van der Waals surface area contributed by atoms with Crippen molar-refractivity contribution in [3.05, 3.63) is 18.1 Å². The van der Waals surface area contributed by atoms with E-state index >= 15 is 0 Å². The van der Waals surface area contributed by atoms with Gasteiger partial charge in [-0.2, -0.15) is 0 Å². The van der Waals surface area contributed by atoms with Crippen molar-refractivity contribution < 1.29 is 10.2 Å². The molecule has 1 aromatic rings. The van der Waals surface area contributed by atoms with Crippen LogP contribution in [0.25, 0.3) is 0 Å². The smallest absolute Gasteiger partial charge is 0.147 e. The Morgan fingerprint density at radius 2 is 2.06 bits per heavy atom. The zero-order valence-electron chi connectivity index (χ0n) is 9.92. The summed E-state index contributed by atoms with van der Waals surface area (Å²) in [6.07, 6.45) is 7.76. The number of hydrogen-bond donors (Lipinski definition) is 2. The molecule has 0 spiro atoms. The Balaban J connectivity index is 2.16. The fourth-order valence-corrected chi connectivity index (χ4v) is 2.25. The Labute approximate surface area is 101 Å². The van der Waals surface area contributed by atoms with E-state index in [0.29, 0.717) is 5.69 Å². The Kier molecular flexibility index (Phi) is 4.28. The molecule has 94 valence electrons. The Hall–Kier alpha value is -1.20. The quantitative estimate of drug-likeness (QED) is 0.810. The standard InChI is InChI=1S/C12H19N3O2/c16-8-10-6-14-12(7-13-10)15-5-3-1-2-4-11(15)9-17/h6-7,11,16-17H,1-5,8-9H2. The summed E-state index contributed by atoms with van der Waals surface area (Å²) in [5.74, 6) is 0.795. The third-order valence-corrected chi connectivity index (χ3v) is 3.24. The minimum Gasteiger partial charge on any atom is -0.394 e. The number of nitrogens with zero attached hydrogens (tertiary/aromatic N) is 3. The van der Waals surface area contributed by atoms with Crippen LogP contribution in [0.15, 0.2) is 12.4 Å². The van der Waals surface area contributed by atoms with Gasteiger partial charge >= 0.3 is 0 Å². The van der Waals surface area contributed by atoms with E-state index in [1.54, 1.807) is 12.4 Å². The molecule has 0 radical (unpaired) electrons. The molecule has 1 saturated heterocycles. The molecule has 17 heavy (non-hydrogen) atoms. The molecule has 2 rings (SSSR count). The highest BCUT2D eigenvalue weighted by atomic mass is 16.3. The lowest BCUT2D eigenvalue weighted by Crippen LogP contribution is -2.38. The monoisotopic (exact) mass is 237 g/mol. The highest BCUT2D eigenvalue weighted by molar-refractivity contribution is 5.37. The first-order valence-electron chi connectivity index (χ1n) is 6.14. The normalized spacial score (nSPS) is 21.3. The number of aliphatic hydroxyl groups excluding tert-OH is 2. The molecule has 0 saturated carbocycles. The maximum absolute atomic E-state index is 9.42. The molecule has 5 heteroatoms. The third-order valence-electron chi connectivity index (χ3n) is 3.24. The molecule has 1 atom stereocenters. The number of aliphatic hydroxyl groups is 2. The summed E-state index contributed by atoms with van der Waals surface area (Å²) in [6.45, 7) is 0.985. The zero-order chi connectivity index (χ0) is 12.1. The van der Waals surface area contributed by atoms with E-state index in [-0.39, 0.29) is 19.3 Å². The van der Waals surface area contributed by atoms with Crippen LogP contribution in [0, 0.1) is 0 Å².